The molecule has 0 unspecified atom stereocenters. The van der Waals surface area contributed by atoms with Crippen LogP contribution >= 0.6 is 0 Å². The normalized spacial score (nSPS) is 11.1. The maximum atomic E-state index is 10.6. The summed E-state index contributed by atoms with van der Waals surface area (Å²) in [6, 6.07) is 2.11. The van der Waals surface area contributed by atoms with Crippen LogP contribution in [0.15, 0.2) is 0 Å². The lowest BCUT2D eigenvalue weighted by molar-refractivity contribution is -0.137. The average Bonchev–Trinajstić information content (AvgIpc) is 2.50. The van der Waals surface area contributed by atoms with Gasteiger partial charge < -0.3 is 10.4 Å². The highest BCUT2D eigenvalue weighted by Gasteiger charge is 2.23. The van der Waals surface area contributed by atoms with Crippen LogP contribution in [0.4, 0.5) is 5.82 Å². The summed E-state index contributed by atoms with van der Waals surface area (Å²) in [5, 5.41) is 25.2. The molecule has 0 saturated heterocycles. The Morgan fingerprint density at radius 3 is 2.72 bits per heavy atom. The van der Waals surface area contributed by atoms with Crippen LogP contribution in [0.5, 0.6) is 0 Å². The third-order valence-corrected chi connectivity index (χ3v) is 2.75. The van der Waals surface area contributed by atoms with E-state index in [0.717, 1.165) is 0 Å². The SMILES string of the molecule is Cc1nn(C)c(NC(C)(C)CCC(=O)O)c1C#N. The first-order chi connectivity index (χ1) is 8.26. The van der Waals surface area contributed by atoms with E-state index >= 15 is 0 Å². The molecule has 2 N–H and O–H groups in total. The van der Waals surface area contributed by atoms with Crippen LogP contribution < -0.4 is 5.32 Å². The van der Waals surface area contributed by atoms with Crippen molar-refractivity contribution in [1.82, 2.24) is 9.78 Å². The van der Waals surface area contributed by atoms with Crippen molar-refractivity contribution in [3.63, 3.8) is 0 Å². The first-order valence-corrected chi connectivity index (χ1v) is 5.70. The molecule has 0 aliphatic carbocycles. The Morgan fingerprint density at radius 2 is 2.22 bits per heavy atom. The summed E-state index contributed by atoms with van der Waals surface area (Å²) in [5.74, 6) is -0.197. The first-order valence-electron chi connectivity index (χ1n) is 5.70. The maximum Gasteiger partial charge on any atom is 0.303 e. The summed E-state index contributed by atoms with van der Waals surface area (Å²) < 4.78 is 1.61. The molecule has 1 aromatic rings. The van der Waals surface area contributed by atoms with E-state index in [4.69, 9.17) is 10.4 Å². The van der Waals surface area contributed by atoms with Crippen LogP contribution in [0, 0.1) is 18.3 Å². The summed E-state index contributed by atoms with van der Waals surface area (Å²) in [6.45, 7) is 5.58. The van der Waals surface area contributed by atoms with Gasteiger partial charge in [-0.2, -0.15) is 10.4 Å². The van der Waals surface area contributed by atoms with Gasteiger partial charge in [-0.25, -0.2) is 0 Å². The number of rotatable bonds is 5. The number of hydrogen-bond donors (Lipinski definition) is 2. The minimum absolute atomic E-state index is 0.0821. The van der Waals surface area contributed by atoms with Gasteiger partial charge in [-0.05, 0) is 27.2 Å². The van der Waals surface area contributed by atoms with E-state index in [2.05, 4.69) is 16.5 Å². The number of nitrogens with one attached hydrogen (secondary N) is 1. The molecule has 0 atom stereocenters. The van der Waals surface area contributed by atoms with Gasteiger partial charge in [0.2, 0.25) is 0 Å². The van der Waals surface area contributed by atoms with E-state index < -0.39 is 11.5 Å². The number of anilines is 1. The molecular weight excluding hydrogens is 232 g/mol. The molecule has 0 spiro atoms. The third-order valence-electron chi connectivity index (χ3n) is 2.75. The number of aryl methyl sites for hydroxylation is 2. The summed E-state index contributed by atoms with van der Waals surface area (Å²) in [4.78, 5) is 10.6. The number of aromatic nitrogens is 2. The predicted octanol–water partition coefficient (Wildman–Crippen LogP) is 1.66. The molecule has 0 aromatic carbocycles. The van der Waals surface area contributed by atoms with Gasteiger partial charge in [0.1, 0.15) is 17.5 Å². The molecule has 0 saturated carbocycles. The van der Waals surface area contributed by atoms with Crippen LogP contribution in [-0.4, -0.2) is 26.4 Å². The van der Waals surface area contributed by atoms with Crippen LogP contribution in [0.3, 0.4) is 0 Å². The van der Waals surface area contributed by atoms with Crippen molar-refractivity contribution < 1.29 is 9.90 Å². The van der Waals surface area contributed by atoms with Gasteiger partial charge in [-0.15, -0.1) is 0 Å². The van der Waals surface area contributed by atoms with Gasteiger partial charge in [0.15, 0.2) is 0 Å². The first kappa shape index (κ1) is 14.0. The van der Waals surface area contributed by atoms with E-state index in [9.17, 15) is 4.79 Å². The zero-order valence-electron chi connectivity index (χ0n) is 11.1. The van der Waals surface area contributed by atoms with Crippen LogP contribution in [0.2, 0.25) is 0 Å². The highest BCUT2D eigenvalue weighted by molar-refractivity contribution is 5.67. The summed E-state index contributed by atoms with van der Waals surface area (Å²) in [7, 11) is 1.75. The second-order valence-electron chi connectivity index (χ2n) is 4.95. The van der Waals surface area contributed by atoms with E-state index in [0.29, 0.717) is 23.5 Å². The number of nitrogens with zero attached hydrogens (tertiary/aromatic N) is 3. The number of hydrogen-bond acceptors (Lipinski definition) is 4. The molecule has 6 heteroatoms. The molecule has 0 radical (unpaired) electrons. The second kappa shape index (κ2) is 5.08. The monoisotopic (exact) mass is 250 g/mol. The fourth-order valence-corrected chi connectivity index (χ4v) is 1.74. The van der Waals surface area contributed by atoms with E-state index in [1.807, 2.05) is 13.8 Å². The molecule has 0 aliphatic rings. The zero-order chi connectivity index (χ0) is 13.9. The van der Waals surface area contributed by atoms with Crippen molar-refractivity contribution in [3.8, 4) is 6.07 Å². The molecule has 0 amide bonds. The Labute approximate surface area is 106 Å². The van der Waals surface area contributed by atoms with E-state index in [1.165, 1.54) is 0 Å². The van der Waals surface area contributed by atoms with Gasteiger partial charge >= 0.3 is 5.97 Å². The van der Waals surface area contributed by atoms with Gasteiger partial charge in [0, 0.05) is 19.0 Å². The Bertz CT molecular complexity index is 497. The number of nitriles is 1. The van der Waals surface area contributed by atoms with E-state index in [-0.39, 0.29) is 6.42 Å². The lowest BCUT2D eigenvalue weighted by Crippen LogP contribution is -2.32. The minimum atomic E-state index is -0.827. The van der Waals surface area contributed by atoms with Gasteiger partial charge in [0.25, 0.3) is 0 Å². The van der Waals surface area contributed by atoms with Crippen molar-refractivity contribution in [2.75, 3.05) is 5.32 Å². The molecule has 98 valence electrons. The largest absolute Gasteiger partial charge is 0.481 e. The molecule has 1 heterocycles. The van der Waals surface area contributed by atoms with Crippen molar-refractivity contribution >= 4 is 11.8 Å². The van der Waals surface area contributed by atoms with Crippen LogP contribution in [0.25, 0.3) is 0 Å². The maximum absolute atomic E-state index is 10.6. The standard InChI is InChI=1S/C12H18N4O2/c1-8-9(7-13)11(16(4)15-8)14-12(2,3)6-5-10(17)18/h14H,5-6H2,1-4H3,(H,17,18). The Morgan fingerprint density at radius 1 is 1.61 bits per heavy atom. The lowest BCUT2D eigenvalue weighted by Gasteiger charge is -2.27. The number of carboxylic acid groups (broad SMARTS) is 1. The van der Waals surface area contributed by atoms with Crippen molar-refractivity contribution in [1.29, 1.82) is 5.26 Å². The van der Waals surface area contributed by atoms with E-state index in [1.54, 1.807) is 18.7 Å². The zero-order valence-corrected chi connectivity index (χ0v) is 11.1. The third kappa shape index (κ3) is 3.23. The molecule has 0 bridgehead atoms. The molecule has 0 aliphatic heterocycles. The number of carbonyl (C=O) groups is 1. The Balaban J connectivity index is 2.90. The fraction of sp³-hybridized carbons (Fsp3) is 0.583. The summed E-state index contributed by atoms with van der Waals surface area (Å²) >= 11 is 0. The second-order valence-corrected chi connectivity index (χ2v) is 4.95. The van der Waals surface area contributed by atoms with Crippen molar-refractivity contribution in [2.24, 2.45) is 7.05 Å². The highest BCUT2D eigenvalue weighted by Crippen LogP contribution is 2.24. The Kier molecular flexibility index (Phi) is 3.96. The molecule has 1 rings (SSSR count). The molecule has 6 nitrogen and oxygen atoms in total. The highest BCUT2D eigenvalue weighted by atomic mass is 16.4. The molecule has 18 heavy (non-hydrogen) atoms. The number of aliphatic carboxylic acids is 1. The van der Waals surface area contributed by atoms with Crippen LogP contribution in [-0.2, 0) is 11.8 Å². The van der Waals surface area contributed by atoms with Crippen LogP contribution in [0.1, 0.15) is 37.9 Å². The quantitative estimate of drug-likeness (QED) is 0.829. The summed E-state index contributed by atoms with van der Waals surface area (Å²) in [5.41, 5.74) is 0.752. The van der Waals surface area contributed by atoms with Crippen molar-refractivity contribution in [2.45, 2.75) is 39.2 Å². The minimum Gasteiger partial charge on any atom is -0.481 e. The van der Waals surface area contributed by atoms with Gasteiger partial charge in [-0.1, -0.05) is 0 Å². The average molecular weight is 250 g/mol. The summed E-state index contributed by atoms with van der Waals surface area (Å²) in [6.07, 6.45) is 0.552. The Hall–Kier alpha value is -2.03. The van der Waals surface area contributed by atoms with Gasteiger partial charge in [-0.3, -0.25) is 9.48 Å². The molecular formula is C12H18N4O2. The topological polar surface area (TPSA) is 90.9 Å². The molecule has 0 fully saturated rings. The smallest absolute Gasteiger partial charge is 0.303 e. The predicted molar refractivity (Wildman–Crippen MR) is 67.2 cm³/mol. The van der Waals surface area contributed by atoms with Gasteiger partial charge in [0.05, 0.1) is 5.69 Å². The molecule has 1 aromatic heterocycles. The fourth-order valence-electron chi connectivity index (χ4n) is 1.74. The van der Waals surface area contributed by atoms with Crippen molar-refractivity contribution in [3.05, 3.63) is 11.3 Å². The lowest BCUT2D eigenvalue weighted by atomic mass is 9.98. The number of carboxylic acids is 1.